The Bertz CT molecular complexity index is 551. The molecule has 1 saturated carbocycles. The number of hydrogen-bond donors (Lipinski definition) is 0. The van der Waals surface area contributed by atoms with Gasteiger partial charge in [0.25, 0.3) is 0 Å². The number of rotatable bonds is 6. The molecule has 1 aliphatic rings. The van der Waals surface area contributed by atoms with Crippen LogP contribution in [0.2, 0.25) is 0 Å². The van der Waals surface area contributed by atoms with Gasteiger partial charge < -0.3 is 0 Å². The van der Waals surface area contributed by atoms with E-state index in [1.165, 1.54) is 12.8 Å². The van der Waals surface area contributed by atoms with Gasteiger partial charge in [-0.2, -0.15) is 0 Å². The van der Waals surface area contributed by atoms with Gasteiger partial charge in [-0.25, -0.2) is 4.39 Å². The van der Waals surface area contributed by atoms with Gasteiger partial charge >= 0.3 is 0 Å². The highest BCUT2D eigenvalue weighted by molar-refractivity contribution is 6.01. The zero-order valence-corrected chi connectivity index (χ0v) is 12.3. The van der Waals surface area contributed by atoms with Crippen LogP contribution in [0.4, 0.5) is 4.39 Å². The van der Waals surface area contributed by atoms with Gasteiger partial charge in [-0.15, -0.1) is 0 Å². The number of aliphatic imine (C=N–C) groups is 1. The van der Waals surface area contributed by atoms with E-state index in [4.69, 9.17) is 4.99 Å². The average molecular weight is 271 g/mol. The molecule has 1 fully saturated rings. The van der Waals surface area contributed by atoms with Crippen molar-refractivity contribution in [3.63, 3.8) is 0 Å². The molecule has 0 aromatic heterocycles. The number of aryl methyl sites for hydroxylation is 1. The normalized spacial score (nSPS) is 16.4. The van der Waals surface area contributed by atoms with Crippen LogP contribution in [-0.2, 0) is 0 Å². The summed E-state index contributed by atoms with van der Waals surface area (Å²) in [5, 5.41) is 0. The summed E-state index contributed by atoms with van der Waals surface area (Å²) in [5.74, 6) is 0.580. The second-order valence-electron chi connectivity index (χ2n) is 5.44. The van der Waals surface area contributed by atoms with E-state index in [9.17, 15) is 4.39 Å². The minimum atomic E-state index is -0.152. The molecule has 0 aliphatic heterocycles. The summed E-state index contributed by atoms with van der Waals surface area (Å²) in [7, 11) is 0. The Balaban J connectivity index is 2.23. The number of allylic oxidation sites excluding steroid dienone is 1. The maximum Gasteiger partial charge on any atom is 0.126 e. The summed E-state index contributed by atoms with van der Waals surface area (Å²) < 4.78 is 13.7. The standard InChI is InChI=1S/C18H22FN/c1-4-14(5-2)12-20-18(10-15-7-8-15)16-9-6-13(3)17(19)11-16/h4-6,9,11,15H,1,7-8,10,12H2,2-3H3/b14-5+,20-18?. The Kier molecular flexibility index (Phi) is 4.89. The smallest absolute Gasteiger partial charge is 0.126 e. The van der Waals surface area contributed by atoms with Crippen LogP contribution in [0.25, 0.3) is 0 Å². The molecule has 0 bridgehead atoms. The lowest BCUT2D eigenvalue weighted by Crippen LogP contribution is -2.05. The van der Waals surface area contributed by atoms with Crippen molar-refractivity contribution in [2.24, 2.45) is 10.9 Å². The molecule has 0 atom stereocenters. The van der Waals surface area contributed by atoms with E-state index in [-0.39, 0.29) is 5.82 Å². The van der Waals surface area contributed by atoms with E-state index in [2.05, 4.69) is 6.58 Å². The van der Waals surface area contributed by atoms with E-state index in [1.54, 1.807) is 13.0 Å². The third-order valence-corrected chi connectivity index (χ3v) is 3.77. The maximum atomic E-state index is 13.7. The summed E-state index contributed by atoms with van der Waals surface area (Å²) in [6.45, 7) is 8.18. The van der Waals surface area contributed by atoms with Crippen LogP contribution in [0.1, 0.15) is 37.3 Å². The first-order valence-corrected chi connectivity index (χ1v) is 7.21. The van der Waals surface area contributed by atoms with Crippen molar-refractivity contribution >= 4 is 5.71 Å². The molecule has 20 heavy (non-hydrogen) atoms. The largest absolute Gasteiger partial charge is 0.284 e. The minimum Gasteiger partial charge on any atom is -0.284 e. The second-order valence-corrected chi connectivity index (χ2v) is 5.44. The molecule has 2 heteroatoms. The maximum absolute atomic E-state index is 13.7. The molecule has 0 N–H and O–H groups in total. The van der Waals surface area contributed by atoms with Gasteiger partial charge in [-0.05, 0) is 61.8 Å². The molecule has 0 spiro atoms. The van der Waals surface area contributed by atoms with Gasteiger partial charge in [0.2, 0.25) is 0 Å². The van der Waals surface area contributed by atoms with Crippen molar-refractivity contribution in [2.45, 2.75) is 33.1 Å². The lowest BCUT2D eigenvalue weighted by molar-refractivity contribution is 0.618. The fourth-order valence-electron chi connectivity index (χ4n) is 2.10. The Morgan fingerprint density at radius 3 is 2.75 bits per heavy atom. The lowest BCUT2D eigenvalue weighted by Gasteiger charge is -2.08. The number of benzene rings is 1. The molecular weight excluding hydrogens is 249 g/mol. The first-order chi connectivity index (χ1) is 9.63. The van der Waals surface area contributed by atoms with Crippen molar-refractivity contribution in [3.8, 4) is 0 Å². The number of hydrogen-bond acceptors (Lipinski definition) is 1. The van der Waals surface area contributed by atoms with Gasteiger partial charge in [0.05, 0.1) is 6.54 Å². The highest BCUT2D eigenvalue weighted by Gasteiger charge is 2.24. The van der Waals surface area contributed by atoms with E-state index < -0.39 is 0 Å². The summed E-state index contributed by atoms with van der Waals surface area (Å²) in [4.78, 5) is 4.70. The zero-order chi connectivity index (χ0) is 14.5. The minimum absolute atomic E-state index is 0.152. The van der Waals surface area contributed by atoms with Gasteiger partial charge in [-0.1, -0.05) is 30.9 Å². The predicted octanol–water partition coefficient (Wildman–Crippen LogP) is 4.86. The Morgan fingerprint density at radius 1 is 1.45 bits per heavy atom. The Morgan fingerprint density at radius 2 is 2.20 bits per heavy atom. The predicted molar refractivity (Wildman–Crippen MR) is 83.8 cm³/mol. The van der Waals surface area contributed by atoms with Crippen LogP contribution >= 0.6 is 0 Å². The molecule has 0 unspecified atom stereocenters. The fourth-order valence-corrected chi connectivity index (χ4v) is 2.10. The van der Waals surface area contributed by atoms with Gasteiger partial charge in [0.1, 0.15) is 5.82 Å². The molecule has 0 radical (unpaired) electrons. The van der Waals surface area contributed by atoms with Crippen molar-refractivity contribution in [2.75, 3.05) is 6.54 Å². The molecule has 2 rings (SSSR count). The summed E-state index contributed by atoms with van der Waals surface area (Å²) >= 11 is 0. The first-order valence-electron chi connectivity index (χ1n) is 7.21. The Labute approximate surface area is 120 Å². The molecule has 0 saturated heterocycles. The highest BCUT2D eigenvalue weighted by atomic mass is 19.1. The SMILES string of the molecule is C=C/C(=C\C)CN=C(CC1CC1)c1ccc(C)c(F)c1. The molecule has 1 aromatic carbocycles. The van der Waals surface area contributed by atoms with E-state index >= 15 is 0 Å². The van der Waals surface area contributed by atoms with E-state index in [0.29, 0.717) is 12.1 Å². The van der Waals surface area contributed by atoms with Gasteiger partial charge in [0.15, 0.2) is 0 Å². The van der Waals surface area contributed by atoms with Crippen molar-refractivity contribution < 1.29 is 4.39 Å². The third kappa shape index (κ3) is 3.89. The summed E-state index contributed by atoms with van der Waals surface area (Å²) in [6.07, 6.45) is 7.34. The summed E-state index contributed by atoms with van der Waals surface area (Å²) in [5.41, 5.74) is 3.72. The second kappa shape index (κ2) is 6.65. The van der Waals surface area contributed by atoms with Crippen molar-refractivity contribution in [1.82, 2.24) is 0 Å². The van der Waals surface area contributed by atoms with Crippen LogP contribution in [-0.4, -0.2) is 12.3 Å². The van der Waals surface area contributed by atoms with Crippen molar-refractivity contribution in [3.05, 3.63) is 59.4 Å². The quantitative estimate of drug-likeness (QED) is 0.518. The van der Waals surface area contributed by atoms with E-state index in [0.717, 1.165) is 29.2 Å². The van der Waals surface area contributed by atoms with Crippen LogP contribution in [0.15, 0.2) is 47.5 Å². The summed E-state index contributed by atoms with van der Waals surface area (Å²) in [6, 6.07) is 5.42. The zero-order valence-electron chi connectivity index (χ0n) is 12.3. The highest BCUT2D eigenvalue weighted by Crippen LogP contribution is 2.34. The van der Waals surface area contributed by atoms with Gasteiger partial charge in [-0.3, -0.25) is 4.99 Å². The topological polar surface area (TPSA) is 12.4 Å². The fraction of sp³-hybridized carbons (Fsp3) is 0.389. The van der Waals surface area contributed by atoms with E-state index in [1.807, 2.05) is 31.2 Å². The number of nitrogens with zero attached hydrogens (tertiary/aromatic N) is 1. The molecule has 0 heterocycles. The molecule has 1 aliphatic carbocycles. The lowest BCUT2D eigenvalue weighted by atomic mass is 10.0. The number of halogens is 1. The van der Waals surface area contributed by atoms with Crippen molar-refractivity contribution in [1.29, 1.82) is 0 Å². The third-order valence-electron chi connectivity index (χ3n) is 3.77. The van der Waals surface area contributed by atoms with Crippen LogP contribution in [0, 0.1) is 18.7 Å². The van der Waals surface area contributed by atoms with Crippen LogP contribution in [0.3, 0.4) is 0 Å². The first kappa shape index (κ1) is 14.7. The molecule has 0 amide bonds. The molecule has 1 aromatic rings. The van der Waals surface area contributed by atoms with Crippen LogP contribution < -0.4 is 0 Å². The Hall–Kier alpha value is -1.70. The van der Waals surface area contributed by atoms with Crippen LogP contribution in [0.5, 0.6) is 0 Å². The van der Waals surface area contributed by atoms with Gasteiger partial charge in [0, 0.05) is 5.71 Å². The monoisotopic (exact) mass is 271 g/mol. The molecular formula is C18H22FN. The molecule has 1 nitrogen and oxygen atoms in total. The average Bonchev–Trinajstić information content (AvgIpc) is 3.25. The molecule has 106 valence electrons.